The molecule has 0 N–H and O–H groups in total. The predicted molar refractivity (Wildman–Crippen MR) is 110 cm³/mol. The van der Waals surface area contributed by atoms with Gasteiger partial charge >= 0.3 is 0 Å². The smallest absolute Gasteiger partial charge is 0.228 e. The molecule has 4 rings (SSSR count). The summed E-state index contributed by atoms with van der Waals surface area (Å²) in [6.07, 6.45) is 0.190. The molecule has 0 unspecified atom stereocenters. The number of nitrogens with zero attached hydrogens (tertiary/aromatic N) is 3. The maximum Gasteiger partial charge on any atom is 0.228 e. The summed E-state index contributed by atoms with van der Waals surface area (Å²) in [5.41, 5.74) is 3.61. The number of benzene rings is 2. The molecule has 2 heterocycles. The lowest BCUT2D eigenvalue weighted by Crippen LogP contribution is -2.49. The van der Waals surface area contributed by atoms with E-state index in [2.05, 4.69) is 41.1 Å². The summed E-state index contributed by atoms with van der Waals surface area (Å²) in [6, 6.07) is 14.5. The minimum Gasteiger partial charge on any atom is -0.441 e. The minimum absolute atomic E-state index is 0.0380. The largest absolute Gasteiger partial charge is 0.441 e. The molecular weight excluding hydrogens is 369 g/mol. The van der Waals surface area contributed by atoms with Crippen molar-refractivity contribution in [3.63, 3.8) is 0 Å². The number of hydrogen-bond donors (Lipinski definition) is 0. The fourth-order valence-electron chi connectivity index (χ4n) is 3.63. The van der Waals surface area contributed by atoms with Crippen molar-refractivity contribution >= 4 is 11.6 Å². The molecule has 0 spiro atoms. The first-order valence-electron chi connectivity index (χ1n) is 9.81. The molecule has 0 saturated carbocycles. The lowest BCUT2D eigenvalue weighted by atomic mass is 10.1. The summed E-state index contributed by atoms with van der Waals surface area (Å²) in [4.78, 5) is 21.4. The second-order valence-corrected chi connectivity index (χ2v) is 7.42. The molecule has 1 aromatic heterocycles. The predicted octanol–water partition coefficient (Wildman–Crippen LogP) is 3.99. The highest BCUT2D eigenvalue weighted by Crippen LogP contribution is 2.23. The van der Waals surface area contributed by atoms with Crippen LogP contribution in [0.2, 0.25) is 0 Å². The van der Waals surface area contributed by atoms with Crippen molar-refractivity contribution in [2.75, 3.05) is 31.1 Å². The van der Waals surface area contributed by atoms with Gasteiger partial charge in [0.05, 0.1) is 12.1 Å². The molecule has 0 bridgehead atoms. The first-order valence-corrected chi connectivity index (χ1v) is 9.81. The lowest BCUT2D eigenvalue weighted by molar-refractivity contribution is -0.130. The Morgan fingerprint density at radius 1 is 1.07 bits per heavy atom. The van der Waals surface area contributed by atoms with Gasteiger partial charge in [-0.15, -0.1) is 0 Å². The number of halogens is 1. The number of carbonyl (C=O) groups is 1. The molecule has 1 amide bonds. The Bertz CT molecular complexity index is 1020. The molecule has 1 aliphatic rings. The van der Waals surface area contributed by atoms with Gasteiger partial charge in [-0.3, -0.25) is 4.79 Å². The van der Waals surface area contributed by atoms with Crippen molar-refractivity contribution in [1.29, 1.82) is 0 Å². The monoisotopic (exact) mass is 393 g/mol. The quantitative estimate of drug-likeness (QED) is 0.673. The standard InChI is InChI=1S/C23H24FN3O2/c1-16-5-3-8-20(13-16)26-9-11-27(12-10-26)22(28)15-21-17(2)29-23(25-21)18-6-4-7-19(24)14-18/h3-8,13-14H,9-12,15H2,1-2H3. The highest BCUT2D eigenvalue weighted by molar-refractivity contribution is 5.79. The number of hydrogen-bond acceptors (Lipinski definition) is 4. The van der Waals surface area contributed by atoms with Crippen LogP contribution in [0.25, 0.3) is 11.5 Å². The SMILES string of the molecule is Cc1cccc(N2CCN(C(=O)Cc3nc(-c4cccc(F)c4)oc3C)CC2)c1. The zero-order valence-corrected chi connectivity index (χ0v) is 16.7. The van der Waals surface area contributed by atoms with Gasteiger partial charge in [0.25, 0.3) is 0 Å². The fourth-order valence-corrected chi connectivity index (χ4v) is 3.63. The molecule has 1 fully saturated rings. The van der Waals surface area contributed by atoms with Crippen LogP contribution in [0.5, 0.6) is 0 Å². The van der Waals surface area contributed by atoms with Crippen LogP contribution in [0.15, 0.2) is 52.9 Å². The van der Waals surface area contributed by atoms with Gasteiger partial charge in [0.2, 0.25) is 11.8 Å². The van der Waals surface area contributed by atoms with Gasteiger partial charge in [-0.2, -0.15) is 0 Å². The van der Waals surface area contributed by atoms with Crippen molar-refractivity contribution in [2.24, 2.45) is 0 Å². The fraction of sp³-hybridized carbons (Fsp3) is 0.304. The Labute approximate surface area is 169 Å². The van der Waals surface area contributed by atoms with Gasteiger partial charge in [0.15, 0.2) is 0 Å². The maximum atomic E-state index is 13.5. The van der Waals surface area contributed by atoms with E-state index in [9.17, 15) is 9.18 Å². The third-order valence-corrected chi connectivity index (χ3v) is 5.28. The molecule has 1 aliphatic heterocycles. The average molecular weight is 393 g/mol. The number of piperazine rings is 1. The van der Waals surface area contributed by atoms with Crippen LogP contribution in [-0.4, -0.2) is 42.0 Å². The van der Waals surface area contributed by atoms with Crippen LogP contribution in [0, 0.1) is 19.7 Å². The molecule has 150 valence electrons. The van der Waals surface area contributed by atoms with E-state index in [1.165, 1.54) is 23.4 Å². The van der Waals surface area contributed by atoms with Crippen molar-refractivity contribution in [1.82, 2.24) is 9.88 Å². The van der Waals surface area contributed by atoms with Crippen LogP contribution in [0.3, 0.4) is 0 Å². The maximum absolute atomic E-state index is 13.5. The van der Waals surface area contributed by atoms with Gasteiger partial charge in [-0.05, 0) is 49.7 Å². The van der Waals surface area contributed by atoms with Crippen molar-refractivity contribution in [3.05, 3.63) is 71.4 Å². The lowest BCUT2D eigenvalue weighted by Gasteiger charge is -2.36. The number of amides is 1. The zero-order valence-electron chi connectivity index (χ0n) is 16.7. The van der Waals surface area contributed by atoms with Gasteiger partial charge in [-0.25, -0.2) is 9.37 Å². The summed E-state index contributed by atoms with van der Waals surface area (Å²) >= 11 is 0. The topological polar surface area (TPSA) is 49.6 Å². The van der Waals surface area contributed by atoms with E-state index >= 15 is 0 Å². The minimum atomic E-state index is -0.345. The number of carbonyl (C=O) groups excluding carboxylic acids is 1. The molecule has 0 atom stereocenters. The summed E-state index contributed by atoms with van der Waals surface area (Å²) in [5, 5.41) is 0. The number of aromatic nitrogens is 1. The molecule has 0 aliphatic carbocycles. The third kappa shape index (κ3) is 4.31. The van der Waals surface area contributed by atoms with Crippen molar-refractivity contribution in [2.45, 2.75) is 20.3 Å². The third-order valence-electron chi connectivity index (χ3n) is 5.28. The van der Waals surface area contributed by atoms with Crippen molar-refractivity contribution < 1.29 is 13.6 Å². The van der Waals surface area contributed by atoms with Crippen molar-refractivity contribution in [3.8, 4) is 11.5 Å². The second kappa shape index (κ2) is 8.07. The summed E-state index contributed by atoms with van der Waals surface area (Å²) in [6.45, 7) is 6.85. The average Bonchev–Trinajstić information content (AvgIpc) is 3.08. The van der Waals surface area contributed by atoms with E-state index in [-0.39, 0.29) is 18.1 Å². The normalized spacial score (nSPS) is 14.3. The first kappa shape index (κ1) is 19.2. The molecule has 5 nitrogen and oxygen atoms in total. The van der Waals surface area contributed by atoms with E-state index in [1.54, 1.807) is 19.1 Å². The van der Waals surface area contributed by atoms with Crippen LogP contribution in [0.1, 0.15) is 17.0 Å². The van der Waals surface area contributed by atoms with E-state index in [4.69, 9.17) is 4.42 Å². The van der Waals surface area contributed by atoms with Gasteiger partial charge < -0.3 is 14.2 Å². The molecule has 2 aromatic carbocycles. The Morgan fingerprint density at radius 2 is 1.83 bits per heavy atom. The second-order valence-electron chi connectivity index (χ2n) is 7.42. The molecule has 29 heavy (non-hydrogen) atoms. The van der Waals surface area contributed by atoms with Crippen LogP contribution < -0.4 is 4.90 Å². The number of aryl methyl sites for hydroxylation is 2. The molecule has 6 heteroatoms. The number of oxazole rings is 1. The highest BCUT2D eigenvalue weighted by Gasteiger charge is 2.23. The van der Waals surface area contributed by atoms with E-state index < -0.39 is 0 Å². The number of anilines is 1. The first-order chi connectivity index (χ1) is 14.0. The van der Waals surface area contributed by atoms with Crippen LogP contribution in [0.4, 0.5) is 10.1 Å². The van der Waals surface area contributed by atoms with Crippen LogP contribution in [-0.2, 0) is 11.2 Å². The van der Waals surface area contributed by atoms with Gasteiger partial charge in [0.1, 0.15) is 11.6 Å². The Balaban J connectivity index is 1.39. The molecule has 1 saturated heterocycles. The van der Waals surface area contributed by atoms with Crippen LogP contribution >= 0.6 is 0 Å². The number of rotatable bonds is 4. The van der Waals surface area contributed by atoms with E-state index in [0.29, 0.717) is 36.0 Å². The van der Waals surface area contributed by atoms with Gasteiger partial charge in [-0.1, -0.05) is 18.2 Å². The molecular formula is C23H24FN3O2. The Morgan fingerprint density at radius 3 is 2.55 bits per heavy atom. The van der Waals surface area contributed by atoms with E-state index in [1.807, 2.05) is 4.90 Å². The Kier molecular flexibility index (Phi) is 5.34. The molecule has 0 radical (unpaired) electrons. The zero-order chi connectivity index (χ0) is 20.4. The summed E-state index contributed by atoms with van der Waals surface area (Å²) in [5.74, 6) is 0.628. The Hall–Kier alpha value is -3.15. The van der Waals surface area contributed by atoms with E-state index in [0.717, 1.165) is 13.1 Å². The summed E-state index contributed by atoms with van der Waals surface area (Å²) in [7, 11) is 0. The molecule has 3 aromatic rings. The van der Waals surface area contributed by atoms with Gasteiger partial charge in [0, 0.05) is 37.4 Å². The summed E-state index contributed by atoms with van der Waals surface area (Å²) < 4.78 is 19.1. The highest BCUT2D eigenvalue weighted by atomic mass is 19.1.